The van der Waals surface area contributed by atoms with Gasteiger partial charge in [-0.05, 0) is 5.56 Å². The van der Waals surface area contributed by atoms with Crippen LogP contribution < -0.4 is 5.56 Å². The van der Waals surface area contributed by atoms with Crippen molar-refractivity contribution >= 4 is 17.7 Å². The highest BCUT2D eigenvalue weighted by Gasteiger charge is 2.39. The molecule has 0 spiro atoms. The van der Waals surface area contributed by atoms with E-state index in [1.54, 1.807) is 31.2 Å². The van der Waals surface area contributed by atoms with Gasteiger partial charge >= 0.3 is 5.97 Å². The summed E-state index contributed by atoms with van der Waals surface area (Å²) in [6, 6.07) is 8.84. The van der Waals surface area contributed by atoms with Crippen LogP contribution in [0.3, 0.4) is 0 Å². The second-order valence-electron chi connectivity index (χ2n) is 5.15. The first-order valence-corrected chi connectivity index (χ1v) is 7.63. The SMILES string of the molecule is CC1c2c(nc(C(O)c3ccccc3)[nH]c2=O)SC1C(=O)O. The molecule has 1 aliphatic heterocycles. The molecule has 2 heterocycles. The van der Waals surface area contributed by atoms with Crippen molar-refractivity contribution in [3.63, 3.8) is 0 Å². The zero-order valence-electron chi connectivity index (χ0n) is 11.7. The van der Waals surface area contributed by atoms with E-state index in [1.165, 1.54) is 0 Å². The van der Waals surface area contributed by atoms with Crippen molar-refractivity contribution in [2.24, 2.45) is 0 Å². The van der Waals surface area contributed by atoms with Crippen LogP contribution in [0.5, 0.6) is 0 Å². The minimum absolute atomic E-state index is 0.126. The van der Waals surface area contributed by atoms with Crippen molar-refractivity contribution in [3.8, 4) is 0 Å². The lowest BCUT2D eigenvalue weighted by atomic mass is 10.0. The molecule has 0 saturated carbocycles. The van der Waals surface area contributed by atoms with Gasteiger partial charge < -0.3 is 15.2 Å². The summed E-state index contributed by atoms with van der Waals surface area (Å²) in [5, 5.41) is 19.2. The molecule has 1 aromatic carbocycles. The van der Waals surface area contributed by atoms with E-state index in [-0.39, 0.29) is 5.82 Å². The van der Waals surface area contributed by atoms with E-state index in [0.29, 0.717) is 16.2 Å². The molecule has 22 heavy (non-hydrogen) atoms. The van der Waals surface area contributed by atoms with E-state index in [1.807, 2.05) is 6.07 Å². The van der Waals surface area contributed by atoms with E-state index < -0.39 is 28.8 Å². The number of aliphatic hydroxyl groups is 1. The highest BCUT2D eigenvalue weighted by Crippen LogP contribution is 2.42. The Labute approximate surface area is 130 Å². The van der Waals surface area contributed by atoms with Gasteiger partial charge in [0.25, 0.3) is 5.56 Å². The molecule has 3 unspecified atom stereocenters. The average molecular weight is 318 g/mol. The molecule has 7 heteroatoms. The standard InChI is InChI=1S/C15H14N2O4S/c1-7-9-13(19)16-12(10(18)8-5-3-2-4-6-8)17-14(9)22-11(7)15(20)21/h2-7,10-11,18H,1H3,(H,20,21)(H,16,17,19). The first-order chi connectivity index (χ1) is 10.5. The zero-order valence-corrected chi connectivity index (χ0v) is 12.5. The molecular formula is C15H14N2O4S. The first-order valence-electron chi connectivity index (χ1n) is 6.75. The molecule has 0 radical (unpaired) electrons. The Balaban J connectivity index is 2.02. The fraction of sp³-hybridized carbons (Fsp3) is 0.267. The summed E-state index contributed by atoms with van der Waals surface area (Å²) in [6.45, 7) is 1.70. The van der Waals surface area contributed by atoms with E-state index in [2.05, 4.69) is 9.97 Å². The maximum atomic E-state index is 12.2. The van der Waals surface area contributed by atoms with Crippen LogP contribution in [0.15, 0.2) is 40.2 Å². The van der Waals surface area contributed by atoms with Crippen molar-refractivity contribution in [2.75, 3.05) is 0 Å². The number of fused-ring (bicyclic) bond motifs is 1. The van der Waals surface area contributed by atoms with Crippen LogP contribution in [0.4, 0.5) is 0 Å². The highest BCUT2D eigenvalue weighted by molar-refractivity contribution is 8.00. The fourth-order valence-corrected chi connectivity index (χ4v) is 3.77. The summed E-state index contributed by atoms with van der Waals surface area (Å²) < 4.78 is 0. The molecule has 0 bridgehead atoms. The van der Waals surface area contributed by atoms with E-state index >= 15 is 0 Å². The predicted molar refractivity (Wildman–Crippen MR) is 81.1 cm³/mol. The Bertz CT molecular complexity index is 775. The van der Waals surface area contributed by atoms with Gasteiger partial charge in [0, 0.05) is 5.92 Å². The number of carboxylic acids is 1. The minimum atomic E-state index is -1.06. The summed E-state index contributed by atoms with van der Waals surface area (Å²) in [5.41, 5.74) is 0.594. The number of rotatable bonds is 3. The molecule has 0 amide bonds. The van der Waals surface area contributed by atoms with Gasteiger partial charge in [0.05, 0.1) is 5.56 Å². The zero-order chi connectivity index (χ0) is 15.9. The van der Waals surface area contributed by atoms with Gasteiger partial charge in [0.15, 0.2) is 0 Å². The van der Waals surface area contributed by atoms with E-state index in [4.69, 9.17) is 0 Å². The summed E-state index contributed by atoms with van der Waals surface area (Å²) in [7, 11) is 0. The van der Waals surface area contributed by atoms with Gasteiger partial charge in [0.2, 0.25) is 0 Å². The highest BCUT2D eigenvalue weighted by atomic mass is 32.2. The topological polar surface area (TPSA) is 103 Å². The Morgan fingerprint density at radius 2 is 2.05 bits per heavy atom. The maximum absolute atomic E-state index is 12.2. The van der Waals surface area contributed by atoms with Crippen LogP contribution in [0.1, 0.15) is 35.9 Å². The fourth-order valence-electron chi connectivity index (χ4n) is 2.53. The van der Waals surface area contributed by atoms with Crippen LogP contribution in [-0.4, -0.2) is 31.4 Å². The number of hydrogen-bond acceptors (Lipinski definition) is 5. The van der Waals surface area contributed by atoms with Crippen LogP contribution in [-0.2, 0) is 4.79 Å². The summed E-state index contributed by atoms with van der Waals surface area (Å²) in [4.78, 5) is 30.3. The molecule has 1 aliphatic rings. The van der Waals surface area contributed by atoms with Crippen LogP contribution >= 0.6 is 11.8 Å². The molecule has 6 nitrogen and oxygen atoms in total. The minimum Gasteiger partial charge on any atom is -0.480 e. The van der Waals surface area contributed by atoms with Gasteiger partial charge in [0.1, 0.15) is 22.2 Å². The molecule has 3 N–H and O–H groups in total. The largest absolute Gasteiger partial charge is 0.480 e. The number of nitrogens with zero attached hydrogens (tertiary/aromatic N) is 1. The molecule has 1 aromatic heterocycles. The first kappa shape index (κ1) is 14.8. The number of aliphatic carboxylic acids is 1. The molecular weight excluding hydrogens is 304 g/mol. The van der Waals surface area contributed by atoms with Crippen molar-refractivity contribution in [2.45, 2.75) is 29.2 Å². The Morgan fingerprint density at radius 1 is 1.36 bits per heavy atom. The van der Waals surface area contributed by atoms with Crippen molar-refractivity contribution in [1.29, 1.82) is 0 Å². The second kappa shape index (κ2) is 5.58. The third-order valence-corrected chi connectivity index (χ3v) is 5.10. The lowest BCUT2D eigenvalue weighted by Gasteiger charge is -2.11. The van der Waals surface area contributed by atoms with Crippen LogP contribution in [0.2, 0.25) is 0 Å². The molecule has 2 aromatic rings. The Morgan fingerprint density at radius 3 is 2.68 bits per heavy atom. The Hall–Kier alpha value is -2.12. The number of nitrogens with one attached hydrogen (secondary N) is 1. The predicted octanol–water partition coefficient (Wildman–Crippen LogP) is 1.51. The van der Waals surface area contributed by atoms with Crippen molar-refractivity contribution in [3.05, 3.63) is 57.6 Å². The van der Waals surface area contributed by atoms with Crippen molar-refractivity contribution in [1.82, 2.24) is 9.97 Å². The number of aromatic nitrogens is 2. The maximum Gasteiger partial charge on any atom is 0.317 e. The van der Waals surface area contributed by atoms with Gasteiger partial charge in [-0.2, -0.15) is 0 Å². The molecule has 0 fully saturated rings. The number of hydrogen-bond donors (Lipinski definition) is 3. The van der Waals surface area contributed by atoms with Crippen molar-refractivity contribution < 1.29 is 15.0 Å². The molecule has 3 atom stereocenters. The van der Waals surface area contributed by atoms with Gasteiger partial charge in [-0.1, -0.05) is 49.0 Å². The number of carbonyl (C=O) groups is 1. The second-order valence-corrected chi connectivity index (χ2v) is 6.28. The molecule has 114 valence electrons. The number of thioether (sulfide) groups is 1. The van der Waals surface area contributed by atoms with Gasteiger partial charge in [-0.25, -0.2) is 4.98 Å². The van der Waals surface area contributed by atoms with Crippen LogP contribution in [0, 0.1) is 0 Å². The quantitative estimate of drug-likeness (QED) is 0.741. The van der Waals surface area contributed by atoms with Gasteiger partial charge in [-0.3, -0.25) is 9.59 Å². The normalized spacial score (nSPS) is 21.4. The summed E-state index contributed by atoms with van der Waals surface area (Å²) in [6.07, 6.45) is -1.06. The lowest BCUT2D eigenvalue weighted by Crippen LogP contribution is -2.24. The number of benzene rings is 1. The summed E-state index contributed by atoms with van der Waals surface area (Å²) in [5.74, 6) is -1.27. The molecule has 3 rings (SSSR count). The average Bonchev–Trinajstić information content (AvgIpc) is 2.85. The van der Waals surface area contributed by atoms with E-state index in [9.17, 15) is 19.8 Å². The molecule has 0 saturated heterocycles. The lowest BCUT2D eigenvalue weighted by molar-refractivity contribution is -0.136. The smallest absolute Gasteiger partial charge is 0.317 e. The number of aliphatic hydroxyl groups excluding tert-OH is 1. The van der Waals surface area contributed by atoms with E-state index in [0.717, 1.165) is 11.8 Å². The third-order valence-electron chi connectivity index (χ3n) is 3.70. The Kier molecular flexibility index (Phi) is 3.76. The third kappa shape index (κ3) is 2.42. The number of carboxylic acid groups (broad SMARTS) is 1. The number of aromatic amines is 1. The molecule has 0 aliphatic carbocycles. The summed E-state index contributed by atoms with van der Waals surface area (Å²) >= 11 is 1.05. The van der Waals surface area contributed by atoms with Gasteiger partial charge in [-0.15, -0.1) is 0 Å². The number of H-pyrrole nitrogens is 1. The monoisotopic (exact) mass is 318 g/mol. The van der Waals surface area contributed by atoms with Crippen LogP contribution in [0.25, 0.3) is 0 Å².